The Morgan fingerprint density at radius 2 is 1.94 bits per heavy atom. The molecule has 0 radical (unpaired) electrons. The molecule has 0 bridgehead atoms. The molecule has 4 N–H and O–H groups in total. The smallest absolute Gasteiger partial charge is 0.260 e. The molecule has 0 unspecified atom stereocenters. The molecule has 172 valence electrons. The number of benzene rings is 1. The predicted molar refractivity (Wildman–Crippen MR) is 127 cm³/mol. The molecule has 0 aliphatic heterocycles. The first-order valence-corrected chi connectivity index (χ1v) is 11.7. The molecule has 1 aromatic carbocycles. The maximum atomic E-state index is 13.7. The van der Waals surface area contributed by atoms with Gasteiger partial charge in [0.05, 0.1) is 12.7 Å². The number of aliphatic hydroxyl groups is 2. The third kappa shape index (κ3) is 4.77. The van der Waals surface area contributed by atoms with Gasteiger partial charge in [-0.2, -0.15) is 4.98 Å². The maximum Gasteiger partial charge on any atom is 0.260 e. The number of hydrogen-bond donors (Lipinski definition) is 4. The van der Waals surface area contributed by atoms with E-state index in [9.17, 15) is 9.90 Å². The molecule has 4 rings (SSSR count). The van der Waals surface area contributed by atoms with Crippen molar-refractivity contribution in [2.24, 2.45) is 0 Å². The van der Waals surface area contributed by atoms with Crippen LogP contribution in [-0.2, 0) is 6.54 Å². The molecule has 32 heavy (non-hydrogen) atoms. The first kappa shape index (κ1) is 22.6. The van der Waals surface area contributed by atoms with Gasteiger partial charge in [0.25, 0.3) is 5.56 Å². The van der Waals surface area contributed by atoms with Gasteiger partial charge in [-0.3, -0.25) is 9.36 Å². The van der Waals surface area contributed by atoms with Crippen molar-refractivity contribution in [3.8, 4) is 0 Å². The van der Waals surface area contributed by atoms with Crippen molar-refractivity contribution in [2.45, 2.75) is 64.1 Å². The Labute approximate surface area is 187 Å². The van der Waals surface area contributed by atoms with E-state index in [4.69, 9.17) is 10.1 Å². The predicted octanol–water partition coefficient (Wildman–Crippen LogP) is 2.71. The fourth-order valence-corrected chi connectivity index (χ4v) is 4.51. The van der Waals surface area contributed by atoms with Crippen LogP contribution in [0.5, 0.6) is 0 Å². The molecule has 2 heterocycles. The molecule has 1 aliphatic carbocycles. The summed E-state index contributed by atoms with van der Waals surface area (Å²) in [7, 11) is 0. The zero-order valence-corrected chi connectivity index (χ0v) is 18.7. The van der Waals surface area contributed by atoms with Gasteiger partial charge in [-0.05, 0) is 49.1 Å². The van der Waals surface area contributed by atoms with E-state index >= 15 is 0 Å². The Bertz CT molecular complexity index is 1120. The maximum absolute atomic E-state index is 13.7. The number of hydrogen-bond acceptors (Lipinski definition) is 7. The summed E-state index contributed by atoms with van der Waals surface area (Å²) in [5.74, 6) is 0.541. The van der Waals surface area contributed by atoms with Gasteiger partial charge in [-0.15, -0.1) is 0 Å². The molecule has 8 nitrogen and oxygen atoms in total. The minimum Gasteiger partial charge on any atom is -0.395 e. The summed E-state index contributed by atoms with van der Waals surface area (Å²) >= 11 is 0. The third-order valence-corrected chi connectivity index (χ3v) is 6.28. The molecule has 8 heteroatoms. The van der Waals surface area contributed by atoms with Gasteiger partial charge in [0.1, 0.15) is 5.65 Å². The molecule has 0 saturated heterocycles. The zero-order chi connectivity index (χ0) is 22.5. The van der Waals surface area contributed by atoms with Crippen LogP contribution < -0.4 is 16.2 Å². The number of anilines is 1. The summed E-state index contributed by atoms with van der Waals surface area (Å²) in [5.41, 5.74) is 1.60. The van der Waals surface area contributed by atoms with Crippen LogP contribution in [0.4, 0.5) is 5.95 Å². The summed E-state index contributed by atoms with van der Waals surface area (Å²) in [6.07, 6.45) is 6.51. The highest BCUT2D eigenvalue weighted by Crippen LogP contribution is 2.32. The zero-order valence-electron chi connectivity index (χ0n) is 18.7. The number of pyridine rings is 1. The molecule has 3 aromatic rings. The minimum atomic E-state index is -0.293. The van der Waals surface area contributed by atoms with Crippen molar-refractivity contribution >= 4 is 27.8 Å². The molecule has 0 amide bonds. The van der Waals surface area contributed by atoms with Gasteiger partial charge in [0.2, 0.25) is 5.95 Å². The van der Waals surface area contributed by atoms with Crippen molar-refractivity contribution in [3.63, 3.8) is 0 Å². The number of nitrogens with one attached hydrogen (secondary N) is 2. The molecular formula is C24H33N5O3. The Morgan fingerprint density at radius 1 is 1.12 bits per heavy atom. The highest BCUT2D eigenvalue weighted by atomic mass is 16.3. The fourth-order valence-electron chi connectivity index (χ4n) is 4.51. The highest BCUT2D eigenvalue weighted by molar-refractivity contribution is 6.04. The number of aromatic nitrogens is 3. The van der Waals surface area contributed by atoms with Crippen LogP contribution in [0.25, 0.3) is 21.8 Å². The third-order valence-electron chi connectivity index (χ3n) is 6.28. The van der Waals surface area contributed by atoms with Gasteiger partial charge in [-0.25, -0.2) is 4.98 Å². The van der Waals surface area contributed by atoms with Crippen LogP contribution in [0, 0.1) is 0 Å². The number of fused-ring (bicyclic) bond motifs is 3. The lowest BCUT2D eigenvalue weighted by molar-refractivity contribution is 0.111. The Kier molecular flexibility index (Phi) is 7.34. The second kappa shape index (κ2) is 10.4. The number of unbranched alkanes of at least 4 members (excludes halogenated alkanes) is 1. The summed E-state index contributed by atoms with van der Waals surface area (Å²) in [4.78, 5) is 23.0. The van der Waals surface area contributed by atoms with Gasteiger partial charge in [-0.1, -0.05) is 25.5 Å². The summed E-state index contributed by atoms with van der Waals surface area (Å²) in [6, 6.07) is 5.91. The normalized spacial score (nSPS) is 19.0. The topological polar surface area (TPSA) is 112 Å². The van der Waals surface area contributed by atoms with Gasteiger partial charge >= 0.3 is 0 Å². The van der Waals surface area contributed by atoms with Crippen LogP contribution in [0.3, 0.4) is 0 Å². The Balaban J connectivity index is 1.84. The summed E-state index contributed by atoms with van der Waals surface area (Å²) in [6.45, 7) is 4.09. The number of nitrogens with zero attached hydrogens (tertiary/aromatic N) is 3. The SMILES string of the molecule is CCCCNc1ncc2c3ccc(CNCCO)cc3c(=O)n(C3CCC(O)CC3)c2n1. The van der Waals surface area contributed by atoms with Crippen LogP contribution in [0.2, 0.25) is 0 Å². The molecule has 0 spiro atoms. The second-order valence-corrected chi connectivity index (χ2v) is 8.63. The van der Waals surface area contributed by atoms with Crippen molar-refractivity contribution in [2.75, 3.05) is 25.0 Å². The lowest BCUT2D eigenvalue weighted by Crippen LogP contribution is -2.30. The van der Waals surface area contributed by atoms with E-state index < -0.39 is 0 Å². The fraction of sp³-hybridized carbons (Fsp3) is 0.542. The van der Waals surface area contributed by atoms with Crippen molar-refractivity contribution in [1.82, 2.24) is 19.9 Å². The van der Waals surface area contributed by atoms with E-state index in [1.807, 2.05) is 29.0 Å². The van der Waals surface area contributed by atoms with Gasteiger partial charge in [0, 0.05) is 42.6 Å². The monoisotopic (exact) mass is 439 g/mol. The summed E-state index contributed by atoms with van der Waals surface area (Å²) in [5, 5.41) is 27.8. The molecule has 1 aliphatic rings. The standard InChI is InChI=1S/C24H33N5O3/c1-2-3-10-26-24-27-15-21-19-9-4-16(14-25-11-12-30)13-20(19)23(32)29(22(21)28-24)17-5-7-18(31)8-6-17/h4,9,13,15,17-18,25,30-31H,2-3,5-8,10-12,14H2,1H3,(H,26,27,28). The Hall–Kier alpha value is -2.55. The lowest BCUT2D eigenvalue weighted by atomic mass is 9.92. The van der Waals surface area contributed by atoms with E-state index in [2.05, 4.69) is 22.5 Å². The molecule has 2 aromatic heterocycles. The highest BCUT2D eigenvalue weighted by Gasteiger charge is 2.25. The van der Waals surface area contributed by atoms with E-state index in [0.717, 1.165) is 48.6 Å². The average molecular weight is 440 g/mol. The van der Waals surface area contributed by atoms with E-state index in [-0.39, 0.29) is 24.3 Å². The summed E-state index contributed by atoms with van der Waals surface area (Å²) < 4.78 is 1.83. The lowest BCUT2D eigenvalue weighted by Gasteiger charge is -2.28. The van der Waals surface area contributed by atoms with Crippen LogP contribution in [-0.4, -0.2) is 50.5 Å². The second-order valence-electron chi connectivity index (χ2n) is 8.63. The molecular weight excluding hydrogens is 406 g/mol. The van der Waals surface area contributed by atoms with Gasteiger partial charge in [0.15, 0.2) is 0 Å². The molecule has 0 atom stereocenters. The first-order chi connectivity index (χ1) is 15.6. The molecule has 1 fully saturated rings. The first-order valence-electron chi connectivity index (χ1n) is 11.7. The van der Waals surface area contributed by atoms with Crippen LogP contribution in [0.1, 0.15) is 57.1 Å². The Morgan fingerprint density at radius 3 is 2.69 bits per heavy atom. The van der Waals surface area contributed by atoms with Crippen LogP contribution >= 0.6 is 0 Å². The van der Waals surface area contributed by atoms with Crippen molar-refractivity contribution in [1.29, 1.82) is 0 Å². The largest absolute Gasteiger partial charge is 0.395 e. The number of rotatable bonds is 9. The van der Waals surface area contributed by atoms with E-state index in [1.54, 1.807) is 0 Å². The van der Waals surface area contributed by atoms with Crippen molar-refractivity contribution in [3.05, 3.63) is 40.3 Å². The average Bonchev–Trinajstić information content (AvgIpc) is 2.81. The minimum absolute atomic E-state index is 0.00682. The van der Waals surface area contributed by atoms with Crippen LogP contribution in [0.15, 0.2) is 29.2 Å². The van der Waals surface area contributed by atoms with E-state index in [0.29, 0.717) is 42.9 Å². The molecule has 1 saturated carbocycles. The quantitative estimate of drug-likeness (QED) is 0.300. The number of aliphatic hydroxyl groups excluding tert-OH is 2. The van der Waals surface area contributed by atoms with Crippen molar-refractivity contribution < 1.29 is 10.2 Å². The van der Waals surface area contributed by atoms with E-state index in [1.165, 1.54) is 0 Å². The van der Waals surface area contributed by atoms with Gasteiger partial charge < -0.3 is 20.8 Å².